The molecular weight excluding hydrogens is 250 g/mol. The van der Waals surface area contributed by atoms with E-state index in [-0.39, 0.29) is 5.69 Å². The molecule has 60 valence electrons. The molecule has 0 saturated heterocycles. The first-order valence-electron chi connectivity index (χ1n) is 2.59. The molecule has 0 aromatic carbocycles. The molecule has 0 aliphatic rings. The second kappa shape index (κ2) is 3.55. The third kappa shape index (κ3) is 1.74. The molecule has 0 atom stereocenters. The van der Waals surface area contributed by atoms with Gasteiger partial charge in [-0.2, -0.15) is 4.37 Å². The average molecular weight is 254 g/mol. The van der Waals surface area contributed by atoms with E-state index in [1.54, 1.807) is 0 Å². The third-order valence-corrected chi connectivity index (χ3v) is 4.23. The fraction of sp³-hybridized carbons (Fsp3) is 0.200. The highest BCUT2D eigenvalue weighted by Crippen LogP contribution is 2.32. The van der Waals surface area contributed by atoms with Gasteiger partial charge in [-0.1, -0.05) is 0 Å². The van der Waals surface area contributed by atoms with Gasteiger partial charge in [0.05, 0.1) is 8.68 Å². The highest BCUT2D eigenvalue weighted by atomic mass is 79.9. The van der Waals surface area contributed by atoms with Gasteiger partial charge >= 0.3 is 5.97 Å². The minimum atomic E-state index is -0.992. The fourth-order valence-corrected chi connectivity index (χ4v) is 2.81. The number of hydrogen-bond acceptors (Lipinski definition) is 4. The fourth-order valence-electron chi connectivity index (χ4n) is 0.524. The number of thioether (sulfide) groups is 1. The molecule has 0 aliphatic heterocycles. The maximum absolute atomic E-state index is 10.5. The van der Waals surface area contributed by atoms with Crippen molar-refractivity contribution < 1.29 is 9.90 Å². The van der Waals surface area contributed by atoms with Crippen LogP contribution in [-0.4, -0.2) is 21.7 Å². The number of nitrogens with zero attached hydrogens (tertiary/aromatic N) is 1. The molecule has 1 N–H and O–H groups in total. The summed E-state index contributed by atoms with van der Waals surface area (Å²) in [4.78, 5) is 10.5. The van der Waals surface area contributed by atoms with E-state index in [2.05, 4.69) is 20.3 Å². The number of halogens is 1. The Labute approximate surface area is 80.1 Å². The number of aromatic carboxylic acids is 1. The Balaban J connectivity index is 3.10. The summed E-state index contributed by atoms with van der Waals surface area (Å²) in [5.74, 6) is -0.992. The second-order valence-corrected chi connectivity index (χ2v) is 4.28. The van der Waals surface area contributed by atoms with Crippen LogP contribution in [0.3, 0.4) is 0 Å². The molecule has 6 heteroatoms. The summed E-state index contributed by atoms with van der Waals surface area (Å²) in [5.41, 5.74) is 0.0966. The molecule has 0 fully saturated rings. The highest BCUT2D eigenvalue weighted by molar-refractivity contribution is 9.10. The zero-order chi connectivity index (χ0) is 8.43. The van der Waals surface area contributed by atoms with Crippen molar-refractivity contribution >= 4 is 45.2 Å². The smallest absolute Gasteiger partial charge is 0.356 e. The van der Waals surface area contributed by atoms with Gasteiger partial charge < -0.3 is 5.11 Å². The molecule has 0 radical (unpaired) electrons. The van der Waals surface area contributed by atoms with E-state index < -0.39 is 5.97 Å². The maximum atomic E-state index is 10.5. The van der Waals surface area contributed by atoms with Crippen molar-refractivity contribution in [2.24, 2.45) is 0 Å². The van der Waals surface area contributed by atoms with Crippen LogP contribution >= 0.6 is 39.2 Å². The first-order chi connectivity index (χ1) is 5.16. The number of carboxylic acid groups (broad SMARTS) is 1. The van der Waals surface area contributed by atoms with E-state index >= 15 is 0 Å². The number of aromatic nitrogens is 1. The first kappa shape index (κ1) is 9.02. The van der Waals surface area contributed by atoms with Crippen LogP contribution in [0, 0.1) is 0 Å². The molecule has 0 spiro atoms. The molecule has 1 aromatic rings. The topological polar surface area (TPSA) is 50.2 Å². The van der Waals surface area contributed by atoms with Crippen LogP contribution in [-0.2, 0) is 0 Å². The van der Waals surface area contributed by atoms with Crippen molar-refractivity contribution in [3.8, 4) is 0 Å². The number of carboxylic acids is 1. The largest absolute Gasteiger partial charge is 0.476 e. The van der Waals surface area contributed by atoms with Gasteiger partial charge in [0.15, 0.2) is 5.69 Å². The molecule has 0 aliphatic carbocycles. The van der Waals surface area contributed by atoms with Crippen LogP contribution in [0.25, 0.3) is 0 Å². The lowest BCUT2D eigenvalue weighted by Gasteiger charge is -1.88. The van der Waals surface area contributed by atoms with Crippen LogP contribution in [0.5, 0.6) is 0 Å². The number of rotatable bonds is 2. The van der Waals surface area contributed by atoms with Crippen molar-refractivity contribution in [2.45, 2.75) is 4.21 Å². The summed E-state index contributed by atoms with van der Waals surface area (Å²) >= 11 is 5.83. The van der Waals surface area contributed by atoms with Crippen LogP contribution < -0.4 is 0 Å². The third-order valence-electron chi connectivity index (χ3n) is 0.995. The molecular formula is C5H4BrNO2S2. The van der Waals surface area contributed by atoms with Crippen LogP contribution in [0.4, 0.5) is 0 Å². The van der Waals surface area contributed by atoms with Gasteiger partial charge in [-0.25, -0.2) is 4.79 Å². The Morgan fingerprint density at radius 2 is 2.45 bits per heavy atom. The Bertz CT molecular complexity index is 286. The summed E-state index contributed by atoms with van der Waals surface area (Å²) in [6.07, 6.45) is 1.88. The minimum absolute atomic E-state index is 0.0966. The van der Waals surface area contributed by atoms with Gasteiger partial charge in [-0.15, -0.1) is 11.8 Å². The minimum Gasteiger partial charge on any atom is -0.476 e. The normalized spacial score (nSPS) is 10.0. The van der Waals surface area contributed by atoms with Crippen molar-refractivity contribution in [2.75, 3.05) is 6.26 Å². The Hall–Kier alpha value is -0.0700. The lowest BCUT2D eigenvalue weighted by molar-refractivity contribution is 0.0690. The van der Waals surface area contributed by atoms with Crippen molar-refractivity contribution in [1.82, 2.24) is 4.37 Å². The highest BCUT2D eigenvalue weighted by Gasteiger charge is 2.15. The molecule has 0 saturated carbocycles. The summed E-state index contributed by atoms with van der Waals surface area (Å²) < 4.78 is 5.24. The SMILES string of the molecule is CSc1snc(C(=O)O)c1Br. The molecule has 1 aromatic heterocycles. The summed E-state index contributed by atoms with van der Waals surface area (Å²) in [5, 5.41) is 8.58. The molecule has 0 unspecified atom stereocenters. The molecule has 3 nitrogen and oxygen atoms in total. The van der Waals surface area contributed by atoms with E-state index in [0.717, 1.165) is 4.21 Å². The van der Waals surface area contributed by atoms with Crippen LogP contribution in [0.15, 0.2) is 8.68 Å². The lowest BCUT2D eigenvalue weighted by Crippen LogP contribution is -1.96. The predicted molar refractivity (Wildman–Crippen MR) is 48.6 cm³/mol. The quantitative estimate of drug-likeness (QED) is 0.823. The second-order valence-electron chi connectivity index (χ2n) is 1.64. The van der Waals surface area contributed by atoms with E-state index in [1.165, 1.54) is 23.3 Å². The monoisotopic (exact) mass is 253 g/mol. The van der Waals surface area contributed by atoms with Gasteiger partial charge in [0, 0.05) is 0 Å². The standard InChI is InChI=1S/C5H4BrNO2S2/c1-10-5-2(6)3(4(8)9)7-11-5/h1H3,(H,8,9). The zero-order valence-corrected chi connectivity index (χ0v) is 8.72. The van der Waals surface area contributed by atoms with Crippen LogP contribution in [0.1, 0.15) is 10.5 Å². The van der Waals surface area contributed by atoms with Crippen molar-refractivity contribution in [1.29, 1.82) is 0 Å². The van der Waals surface area contributed by atoms with Gasteiger partial charge in [0.1, 0.15) is 0 Å². The van der Waals surface area contributed by atoms with Gasteiger partial charge in [-0.05, 0) is 33.7 Å². The first-order valence-corrected chi connectivity index (χ1v) is 5.38. The number of carbonyl (C=O) groups is 1. The average Bonchev–Trinajstić information content (AvgIpc) is 2.30. The van der Waals surface area contributed by atoms with Gasteiger partial charge in [0.25, 0.3) is 0 Å². The van der Waals surface area contributed by atoms with E-state index in [4.69, 9.17) is 5.11 Å². The van der Waals surface area contributed by atoms with Gasteiger partial charge in [0.2, 0.25) is 0 Å². The van der Waals surface area contributed by atoms with E-state index in [0.29, 0.717) is 4.47 Å². The summed E-state index contributed by atoms with van der Waals surface area (Å²) in [6, 6.07) is 0. The summed E-state index contributed by atoms with van der Waals surface area (Å²) in [6.45, 7) is 0. The van der Waals surface area contributed by atoms with Crippen LogP contribution in [0.2, 0.25) is 0 Å². The Kier molecular flexibility index (Phi) is 2.91. The molecule has 1 heterocycles. The molecule has 0 amide bonds. The van der Waals surface area contributed by atoms with Gasteiger partial charge in [-0.3, -0.25) is 0 Å². The van der Waals surface area contributed by atoms with E-state index in [9.17, 15) is 4.79 Å². The predicted octanol–water partition coefficient (Wildman–Crippen LogP) is 2.33. The van der Waals surface area contributed by atoms with E-state index in [1.807, 2.05) is 6.26 Å². The lowest BCUT2D eigenvalue weighted by atomic mass is 10.4. The summed E-state index contributed by atoms with van der Waals surface area (Å²) in [7, 11) is 0. The molecule has 11 heavy (non-hydrogen) atoms. The number of hydrogen-bond donors (Lipinski definition) is 1. The van der Waals surface area contributed by atoms with Crippen molar-refractivity contribution in [3.05, 3.63) is 10.2 Å². The molecule has 1 rings (SSSR count). The zero-order valence-electron chi connectivity index (χ0n) is 5.50. The Morgan fingerprint density at radius 1 is 1.82 bits per heavy atom. The Morgan fingerprint density at radius 3 is 2.73 bits per heavy atom. The van der Waals surface area contributed by atoms with Crippen molar-refractivity contribution in [3.63, 3.8) is 0 Å². The molecule has 0 bridgehead atoms. The maximum Gasteiger partial charge on any atom is 0.356 e.